The number of aryl methyl sites for hydroxylation is 1. The molecule has 0 fully saturated rings. The first-order chi connectivity index (χ1) is 11.4. The van der Waals surface area contributed by atoms with Gasteiger partial charge in [-0.15, -0.1) is 0 Å². The van der Waals surface area contributed by atoms with Crippen molar-refractivity contribution in [2.24, 2.45) is 0 Å². The molecule has 0 spiro atoms. The summed E-state index contributed by atoms with van der Waals surface area (Å²) in [6.07, 6.45) is 0. The first kappa shape index (κ1) is 16.5. The number of nitrogens with one attached hydrogen (secondary N) is 1. The second kappa shape index (κ2) is 6.30. The number of H-pyrrole nitrogens is 1. The number of pyridine rings is 1. The summed E-state index contributed by atoms with van der Waals surface area (Å²) in [7, 11) is 3.89. The minimum absolute atomic E-state index is 0.137. The topological polar surface area (TPSA) is 63.0 Å². The SMILES string of the molecule is Cc1c2c(=O)[nH]n(-c3ccccc3Cl)c2cc(=O)n1CCN(C)C. The Morgan fingerprint density at radius 2 is 1.92 bits per heavy atom. The van der Waals surface area contributed by atoms with Crippen LogP contribution in [-0.4, -0.2) is 39.9 Å². The van der Waals surface area contributed by atoms with Gasteiger partial charge in [-0.25, -0.2) is 0 Å². The lowest BCUT2D eigenvalue weighted by atomic mass is 10.2. The lowest BCUT2D eigenvalue weighted by molar-refractivity contribution is 0.379. The summed E-state index contributed by atoms with van der Waals surface area (Å²) in [5, 5.41) is 3.79. The van der Waals surface area contributed by atoms with Crippen LogP contribution >= 0.6 is 11.6 Å². The molecule has 2 aromatic heterocycles. The molecule has 24 heavy (non-hydrogen) atoms. The minimum Gasteiger partial charge on any atom is -0.311 e. The number of para-hydroxylation sites is 1. The predicted molar refractivity (Wildman–Crippen MR) is 96.5 cm³/mol. The Morgan fingerprint density at radius 3 is 2.58 bits per heavy atom. The molecule has 0 aliphatic heterocycles. The predicted octanol–water partition coefficient (Wildman–Crippen LogP) is 2.00. The van der Waals surface area contributed by atoms with Crippen molar-refractivity contribution in [1.29, 1.82) is 0 Å². The summed E-state index contributed by atoms with van der Waals surface area (Å²) >= 11 is 6.23. The van der Waals surface area contributed by atoms with Crippen LogP contribution in [-0.2, 0) is 6.54 Å². The molecule has 0 aliphatic carbocycles. The maximum atomic E-state index is 12.5. The van der Waals surface area contributed by atoms with E-state index in [2.05, 4.69) is 5.10 Å². The maximum absolute atomic E-state index is 12.5. The molecule has 1 aromatic carbocycles. The highest BCUT2D eigenvalue weighted by molar-refractivity contribution is 6.32. The molecule has 0 bridgehead atoms. The second-order valence-corrected chi connectivity index (χ2v) is 6.42. The van der Waals surface area contributed by atoms with E-state index < -0.39 is 0 Å². The van der Waals surface area contributed by atoms with E-state index >= 15 is 0 Å². The zero-order chi connectivity index (χ0) is 17.4. The van der Waals surface area contributed by atoms with E-state index in [1.807, 2.05) is 31.1 Å². The Hall–Kier alpha value is -2.31. The van der Waals surface area contributed by atoms with Gasteiger partial charge in [-0.1, -0.05) is 23.7 Å². The van der Waals surface area contributed by atoms with Gasteiger partial charge in [0.2, 0.25) is 0 Å². The number of aromatic amines is 1. The number of rotatable bonds is 4. The summed E-state index contributed by atoms with van der Waals surface area (Å²) in [5.74, 6) is 0. The van der Waals surface area contributed by atoms with Crippen molar-refractivity contribution in [2.45, 2.75) is 13.5 Å². The fourth-order valence-corrected chi connectivity index (χ4v) is 3.05. The van der Waals surface area contributed by atoms with E-state index in [4.69, 9.17) is 11.6 Å². The highest BCUT2D eigenvalue weighted by Crippen LogP contribution is 2.22. The van der Waals surface area contributed by atoms with Crippen molar-refractivity contribution < 1.29 is 0 Å². The van der Waals surface area contributed by atoms with Gasteiger partial charge in [-0.3, -0.25) is 19.4 Å². The zero-order valence-corrected chi connectivity index (χ0v) is 14.6. The van der Waals surface area contributed by atoms with Gasteiger partial charge in [0.15, 0.2) is 0 Å². The summed E-state index contributed by atoms with van der Waals surface area (Å²) < 4.78 is 3.21. The van der Waals surface area contributed by atoms with Crippen LogP contribution in [0.1, 0.15) is 5.69 Å². The summed E-state index contributed by atoms with van der Waals surface area (Å²) in [4.78, 5) is 27.0. The largest absolute Gasteiger partial charge is 0.311 e. The molecule has 7 heteroatoms. The molecule has 0 amide bonds. The molecule has 0 unspecified atom stereocenters. The van der Waals surface area contributed by atoms with Crippen LogP contribution in [0.4, 0.5) is 0 Å². The smallest absolute Gasteiger partial charge is 0.274 e. The van der Waals surface area contributed by atoms with E-state index in [1.54, 1.807) is 28.3 Å². The van der Waals surface area contributed by atoms with Crippen LogP contribution < -0.4 is 11.1 Å². The number of likely N-dealkylation sites (N-methyl/N-ethyl adjacent to an activating group) is 1. The molecule has 3 aromatic rings. The fourth-order valence-electron chi connectivity index (χ4n) is 2.83. The van der Waals surface area contributed by atoms with Crippen LogP contribution in [0.15, 0.2) is 39.9 Å². The van der Waals surface area contributed by atoms with Gasteiger partial charge < -0.3 is 9.47 Å². The van der Waals surface area contributed by atoms with Crippen molar-refractivity contribution in [3.63, 3.8) is 0 Å². The second-order valence-electron chi connectivity index (χ2n) is 6.01. The molecular weight excluding hydrogens is 328 g/mol. The van der Waals surface area contributed by atoms with E-state index in [1.165, 1.54) is 6.07 Å². The maximum Gasteiger partial charge on any atom is 0.274 e. The van der Waals surface area contributed by atoms with Crippen LogP contribution in [0.25, 0.3) is 16.6 Å². The van der Waals surface area contributed by atoms with Crippen molar-refractivity contribution in [3.8, 4) is 5.69 Å². The summed E-state index contributed by atoms with van der Waals surface area (Å²) in [6, 6.07) is 8.67. The third-order valence-corrected chi connectivity index (χ3v) is 4.41. The third kappa shape index (κ3) is 2.79. The standard InChI is InChI=1S/C17H19ClN4O2/c1-11-16-14(10-15(23)21(11)9-8-20(2)3)22(19-17(16)24)13-7-5-4-6-12(13)18/h4-7,10H,8-9H2,1-3H3,(H,19,24). The molecule has 0 saturated carbocycles. The first-order valence-electron chi connectivity index (χ1n) is 7.65. The van der Waals surface area contributed by atoms with Gasteiger partial charge in [0.25, 0.3) is 11.1 Å². The Balaban J connectivity index is 2.26. The van der Waals surface area contributed by atoms with Gasteiger partial charge >= 0.3 is 0 Å². The average molecular weight is 347 g/mol. The number of hydrogen-bond acceptors (Lipinski definition) is 3. The molecule has 1 N–H and O–H groups in total. The fraction of sp³-hybridized carbons (Fsp3) is 0.294. The molecule has 3 rings (SSSR count). The number of halogens is 1. The van der Waals surface area contributed by atoms with Crippen LogP contribution in [0.3, 0.4) is 0 Å². The number of fused-ring (bicyclic) bond motifs is 1. The highest BCUT2D eigenvalue weighted by Gasteiger charge is 2.16. The Bertz CT molecular complexity index is 1010. The number of benzene rings is 1. The van der Waals surface area contributed by atoms with E-state index in [9.17, 15) is 9.59 Å². The minimum atomic E-state index is -0.235. The lowest BCUT2D eigenvalue weighted by Crippen LogP contribution is -2.28. The first-order valence-corrected chi connectivity index (χ1v) is 8.02. The van der Waals surface area contributed by atoms with Gasteiger partial charge in [0, 0.05) is 24.8 Å². The molecular formula is C17H19ClN4O2. The quantitative estimate of drug-likeness (QED) is 0.786. The van der Waals surface area contributed by atoms with E-state index in [0.29, 0.717) is 33.9 Å². The molecule has 0 aliphatic rings. The molecule has 126 valence electrons. The third-order valence-electron chi connectivity index (χ3n) is 4.09. The van der Waals surface area contributed by atoms with Crippen molar-refractivity contribution in [3.05, 3.63) is 61.8 Å². The highest BCUT2D eigenvalue weighted by atomic mass is 35.5. The Labute approximate surface area is 143 Å². The van der Waals surface area contributed by atoms with Crippen LogP contribution in [0, 0.1) is 6.92 Å². The zero-order valence-electron chi connectivity index (χ0n) is 13.8. The lowest BCUT2D eigenvalue weighted by Gasteiger charge is -2.14. The van der Waals surface area contributed by atoms with Gasteiger partial charge in [0.05, 0.1) is 21.6 Å². The average Bonchev–Trinajstić information content (AvgIpc) is 2.83. The van der Waals surface area contributed by atoms with Gasteiger partial charge in [0.1, 0.15) is 0 Å². The molecule has 2 heterocycles. The van der Waals surface area contributed by atoms with Gasteiger partial charge in [-0.2, -0.15) is 0 Å². The van der Waals surface area contributed by atoms with E-state index in [0.717, 1.165) is 6.54 Å². The Kier molecular flexibility index (Phi) is 4.34. The normalized spacial score (nSPS) is 11.5. The van der Waals surface area contributed by atoms with Crippen LogP contribution in [0.2, 0.25) is 5.02 Å². The van der Waals surface area contributed by atoms with Crippen LogP contribution in [0.5, 0.6) is 0 Å². The van der Waals surface area contributed by atoms with Crippen molar-refractivity contribution in [1.82, 2.24) is 19.2 Å². The number of nitrogens with zero attached hydrogens (tertiary/aromatic N) is 3. The summed E-state index contributed by atoms with van der Waals surface area (Å²) in [6.45, 7) is 3.05. The van der Waals surface area contributed by atoms with E-state index in [-0.39, 0.29) is 11.1 Å². The number of hydrogen-bond donors (Lipinski definition) is 1. The molecule has 0 radical (unpaired) electrons. The van der Waals surface area contributed by atoms with Crippen molar-refractivity contribution >= 4 is 22.5 Å². The summed E-state index contributed by atoms with van der Waals surface area (Å²) in [5.41, 5.74) is 1.46. The van der Waals surface area contributed by atoms with Gasteiger partial charge in [-0.05, 0) is 33.2 Å². The number of aromatic nitrogens is 3. The monoisotopic (exact) mass is 346 g/mol. The Morgan fingerprint density at radius 1 is 1.21 bits per heavy atom. The molecule has 0 saturated heterocycles. The van der Waals surface area contributed by atoms with Crippen molar-refractivity contribution in [2.75, 3.05) is 20.6 Å². The molecule has 6 nitrogen and oxygen atoms in total. The molecule has 0 atom stereocenters.